The van der Waals surface area contributed by atoms with E-state index in [9.17, 15) is 9.18 Å². The van der Waals surface area contributed by atoms with E-state index in [0.717, 1.165) is 0 Å². The Balaban J connectivity index is 2.68. The van der Waals surface area contributed by atoms with Crippen molar-refractivity contribution in [3.8, 4) is 0 Å². The molecule has 0 spiro atoms. The van der Waals surface area contributed by atoms with Gasteiger partial charge in [0.05, 0.1) is 5.02 Å². The molecule has 0 bridgehead atoms. The molecule has 0 aliphatic rings. The highest BCUT2D eigenvalue weighted by molar-refractivity contribution is 6.30. The summed E-state index contributed by atoms with van der Waals surface area (Å²) in [7, 11) is 0. The second kappa shape index (κ2) is 5.17. The molecule has 0 atom stereocenters. The van der Waals surface area contributed by atoms with Gasteiger partial charge in [-0.3, -0.25) is 4.79 Å². The monoisotopic (exact) mass is 235 g/mol. The van der Waals surface area contributed by atoms with E-state index in [1.54, 1.807) is 12.1 Å². The van der Waals surface area contributed by atoms with E-state index in [1.807, 2.05) is 0 Å². The number of halogens is 3. The highest BCUT2D eigenvalue weighted by Gasteiger charge is 2.06. The van der Waals surface area contributed by atoms with Crippen molar-refractivity contribution in [2.24, 2.45) is 0 Å². The topological polar surface area (TPSA) is 29.1 Å². The highest BCUT2D eigenvalue weighted by Crippen LogP contribution is 2.17. The number of alkyl halides is 1. The summed E-state index contributed by atoms with van der Waals surface area (Å²) < 4.78 is 13.2. The summed E-state index contributed by atoms with van der Waals surface area (Å²) in [5.41, 5.74) is 0.343. The third kappa shape index (κ3) is 2.86. The third-order valence-electron chi connectivity index (χ3n) is 1.63. The first kappa shape index (κ1) is 11.3. The molecular weight excluding hydrogens is 228 g/mol. The Labute approximate surface area is 91.0 Å². The van der Waals surface area contributed by atoms with Crippen LogP contribution < -0.4 is 5.32 Å². The van der Waals surface area contributed by atoms with Crippen LogP contribution in [-0.4, -0.2) is 11.8 Å². The quantitative estimate of drug-likeness (QED) is 0.801. The lowest BCUT2D eigenvalue weighted by Gasteiger charge is -2.05. The maximum atomic E-state index is 13.2. The van der Waals surface area contributed by atoms with Crippen molar-refractivity contribution in [3.63, 3.8) is 0 Å². The molecule has 0 saturated heterocycles. The van der Waals surface area contributed by atoms with Crippen LogP contribution in [0.4, 0.5) is 4.39 Å². The molecule has 1 rings (SSSR count). The molecule has 0 radical (unpaired) electrons. The fourth-order valence-electron chi connectivity index (χ4n) is 0.926. The third-order valence-corrected chi connectivity index (χ3v) is 2.16. The van der Waals surface area contributed by atoms with Gasteiger partial charge in [0.2, 0.25) is 5.91 Å². The summed E-state index contributed by atoms with van der Waals surface area (Å²) in [5.74, 6) is -0.988. The first-order valence-electron chi connectivity index (χ1n) is 3.90. The van der Waals surface area contributed by atoms with E-state index < -0.39 is 5.82 Å². The fraction of sp³-hybridized carbons (Fsp3) is 0.222. The van der Waals surface area contributed by atoms with Crippen molar-refractivity contribution in [2.75, 3.05) is 5.88 Å². The van der Waals surface area contributed by atoms with Crippen LogP contribution in [-0.2, 0) is 11.3 Å². The number of hydrogen-bond donors (Lipinski definition) is 1. The summed E-state index contributed by atoms with van der Waals surface area (Å²) in [6.45, 7) is 0.0952. The van der Waals surface area contributed by atoms with E-state index in [-0.39, 0.29) is 23.4 Å². The lowest BCUT2D eigenvalue weighted by atomic mass is 10.2. The van der Waals surface area contributed by atoms with Gasteiger partial charge in [-0.25, -0.2) is 4.39 Å². The maximum absolute atomic E-state index is 13.2. The Bertz CT molecular complexity index is 344. The second-order valence-electron chi connectivity index (χ2n) is 2.62. The molecule has 0 heterocycles. The van der Waals surface area contributed by atoms with Crippen LogP contribution in [0.3, 0.4) is 0 Å². The maximum Gasteiger partial charge on any atom is 0.235 e. The van der Waals surface area contributed by atoms with Crippen molar-refractivity contribution in [1.29, 1.82) is 0 Å². The summed E-state index contributed by atoms with van der Waals surface area (Å²) in [4.78, 5) is 10.8. The van der Waals surface area contributed by atoms with Gasteiger partial charge in [0, 0.05) is 12.1 Å². The number of carbonyl (C=O) groups excluding carboxylic acids is 1. The van der Waals surface area contributed by atoms with Gasteiger partial charge in [0.1, 0.15) is 11.7 Å². The van der Waals surface area contributed by atoms with E-state index in [2.05, 4.69) is 5.32 Å². The molecule has 2 nitrogen and oxygen atoms in total. The first-order valence-corrected chi connectivity index (χ1v) is 4.82. The van der Waals surface area contributed by atoms with E-state index >= 15 is 0 Å². The number of nitrogens with one attached hydrogen (secondary N) is 1. The molecule has 0 saturated carbocycles. The summed E-state index contributed by atoms with van der Waals surface area (Å²) >= 11 is 10.8. The van der Waals surface area contributed by atoms with Crippen molar-refractivity contribution in [2.45, 2.75) is 6.54 Å². The molecule has 0 unspecified atom stereocenters. The Morgan fingerprint density at radius 1 is 1.50 bits per heavy atom. The van der Waals surface area contributed by atoms with Crippen LogP contribution >= 0.6 is 23.2 Å². The minimum Gasteiger partial charge on any atom is -0.351 e. The van der Waals surface area contributed by atoms with Gasteiger partial charge in [-0.15, -0.1) is 11.6 Å². The second-order valence-corrected chi connectivity index (χ2v) is 3.30. The lowest BCUT2D eigenvalue weighted by molar-refractivity contribution is -0.118. The van der Waals surface area contributed by atoms with Gasteiger partial charge in [0.15, 0.2) is 0 Å². The zero-order valence-corrected chi connectivity index (χ0v) is 8.70. The fourth-order valence-corrected chi connectivity index (χ4v) is 1.21. The molecule has 1 aromatic rings. The number of amides is 1. The average Bonchev–Trinajstić information content (AvgIpc) is 2.20. The van der Waals surface area contributed by atoms with Crippen molar-refractivity contribution in [3.05, 3.63) is 34.6 Å². The average molecular weight is 236 g/mol. The minimum absolute atomic E-state index is 0.0441. The smallest absolute Gasteiger partial charge is 0.235 e. The van der Waals surface area contributed by atoms with Crippen molar-refractivity contribution in [1.82, 2.24) is 5.32 Å². The van der Waals surface area contributed by atoms with Crippen molar-refractivity contribution >= 4 is 29.1 Å². The van der Waals surface area contributed by atoms with Crippen LogP contribution in [0.25, 0.3) is 0 Å². The van der Waals surface area contributed by atoms with Crippen LogP contribution in [0.15, 0.2) is 18.2 Å². The van der Waals surface area contributed by atoms with E-state index in [0.29, 0.717) is 5.56 Å². The number of hydrogen-bond acceptors (Lipinski definition) is 1. The molecule has 1 N–H and O–H groups in total. The Kier molecular flexibility index (Phi) is 4.17. The molecule has 1 aromatic carbocycles. The van der Waals surface area contributed by atoms with Crippen molar-refractivity contribution < 1.29 is 9.18 Å². The Morgan fingerprint density at radius 2 is 2.21 bits per heavy atom. The number of carbonyl (C=O) groups is 1. The van der Waals surface area contributed by atoms with Gasteiger partial charge in [-0.1, -0.05) is 23.7 Å². The molecule has 1 amide bonds. The molecule has 0 fully saturated rings. The highest BCUT2D eigenvalue weighted by atomic mass is 35.5. The molecule has 0 aliphatic carbocycles. The molecule has 0 aromatic heterocycles. The Morgan fingerprint density at radius 3 is 2.86 bits per heavy atom. The minimum atomic E-state index is -0.510. The predicted octanol–water partition coefficient (Wildman–Crippen LogP) is 2.33. The standard InChI is InChI=1S/C9H8Cl2FNO/c10-4-8(14)13-5-6-2-1-3-7(11)9(6)12/h1-3H,4-5H2,(H,13,14). The van der Waals surface area contributed by atoms with Crippen LogP contribution in [0.2, 0.25) is 5.02 Å². The van der Waals surface area contributed by atoms with Gasteiger partial charge < -0.3 is 5.32 Å². The summed E-state index contributed by atoms with van der Waals surface area (Å²) in [6.07, 6.45) is 0. The summed E-state index contributed by atoms with van der Waals surface area (Å²) in [6, 6.07) is 4.62. The van der Waals surface area contributed by atoms with Crippen LogP contribution in [0.1, 0.15) is 5.56 Å². The van der Waals surface area contributed by atoms with Gasteiger partial charge in [-0.2, -0.15) is 0 Å². The lowest BCUT2D eigenvalue weighted by Crippen LogP contribution is -2.24. The van der Waals surface area contributed by atoms with E-state index in [1.165, 1.54) is 6.07 Å². The molecule has 14 heavy (non-hydrogen) atoms. The van der Waals surface area contributed by atoms with E-state index in [4.69, 9.17) is 23.2 Å². The first-order chi connectivity index (χ1) is 6.65. The molecular formula is C9H8Cl2FNO. The number of rotatable bonds is 3. The van der Waals surface area contributed by atoms with Crippen LogP contribution in [0, 0.1) is 5.82 Å². The Hall–Kier alpha value is -0.800. The molecule has 5 heteroatoms. The van der Waals surface area contributed by atoms with Crippen LogP contribution in [0.5, 0.6) is 0 Å². The zero-order valence-electron chi connectivity index (χ0n) is 7.19. The zero-order chi connectivity index (χ0) is 10.6. The predicted molar refractivity (Wildman–Crippen MR) is 54.0 cm³/mol. The SMILES string of the molecule is O=C(CCl)NCc1cccc(Cl)c1F. The van der Waals surface area contributed by atoms with Gasteiger partial charge >= 0.3 is 0 Å². The molecule has 0 aliphatic heterocycles. The van der Waals surface area contributed by atoms with Gasteiger partial charge in [-0.05, 0) is 6.07 Å². The number of benzene rings is 1. The van der Waals surface area contributed by atoms with Gasteiger partial charge in [0.25, 0.3) is 0 Å². The largest absolute Gasteiger partial charge is 0.351 e. The summed E-state index contributed by atoms with van der Waals surface area (Å²) in [5, 5.41) is 2.49. The molecule has 76 valence electrons. The normalized spacial score (nSPS) is 9.93.